The van der Waals surface area contributed by atoms with Gasteiger partial charge in [0.25, 0.3) is 14.1 Å². The maximum atomic E-state index is 12.5. The van der Waals surface area contributed by atoms with Gasteiger partial charge in [0.2, 0.25) is 0 Å². The molecule has 3 heterocycles. The molecule has 1 aliphatic heterocycles. The van der Waals surface area contributed by atoms with Gasteiger partial charge in [0.05, 0.1) is 32.3 Å². The van der Waals surface area contributed by atoms with Crippen LogP contribution in [0, 0.1) is 12.3 Å². The van der Waals surface area contributed by atoms with Crippen LogP contribution < -0.4 is 5.56 Å². The molecular weight excluding hydrogens is 593 g/mol. The molecule has 5 unspecified atom stereocenters. The van der Waals surface area contributed by atoms with Gasteiger partial charge in [0, 0.05) is 30.4 Å². The van der Waals surface area contributed by atoms with E-state index in [1.807, 2.05) is 20.8 Å². The number of nitrogens with one attached hydrogen (secondary N) is 1. The number of thioether (sulfide) groups is 1. The summed E-state index contributed by atoms with van der Waals surface area (Å²) in [6.07, 6.45) is 1.40. The highest BCUT2D eigenvalue weighted by molar-refractivity contribution is 8.13. The van der Waals surface area contributed by atoms with Crippen molar-refractivity contribution in [1.82, 2.24) is 24.2 Å². The van der Waals surface area contributed by atoms with Gasteiger partial charge in [-0.1, -0.05) is 45.9 Å². The summed E-state index contributed by atoms with van der Waals surface area (Å²) in [5.74, 6) is 1.09. The van der Waals surface area contributed by atoms with Crippen LogP contribution in [0.15, 0.2) is 11.1 Å². The van der Waals surface area contributed by atoms with Gasteiger partial charge in [0.15, 0.2) is 22.5 Å². The molecule has 244 valence electrons. The molecule has 0 saturated carbocycles. The minimum atomic E-state index is -1.52. The lowest BCUT2D eigenvalue weighted by atomic mass is 10.00. The molecular formula is C29H50N5O7PS. The molecule has 2 aromatic rings. The lowest BCUT2D eigenvalue weighted by Crippen LogP contribution is -2.39. The van der Waals surface area contributed by atoms with Gasteiger partial charge in [0.1, 0.15) is 18.0 Å². The van der Waals surface area contributed by atoms with Crippen LogP contribution in [0.25, 0.3) is 11.2 Å². The number of nitrogens with zero attached hydrogens (tertiary/aromatic N) is 4. The number of rotatable bonds is 16. The number of methoxy groups -OCH3 is 1. The lowest BCUT2D eigenvalue weighted by Gasteiger charge is -2.38. The predicted octanol–water partition coefficient (Wildman–Crippen LogP) is 5.21. The number of aromatic nitrogens is 4. The average Bonchev–Trinajstić information content (AvgIpc) is 3.48. The summed E-state index contributed by atoms with van der Waals surface area (Å²) < 4.78 is 35.6. The summed E-state index contributed by atoms with van der Waals surface area (Å²) in [7, 11) is 0.120. The van der Waals surface area contributed by atoms with Crippen molar-refractivity contribution in [2.75, 3.05) is 32.7 Å². The van der Waals surface area contributed by atoms with Gasteiger partial charge in [-0.3, -0.25) is 14.2 Å². The molecule has 0 aromatic carbocycles. The van der Waals surface area contributed by atoms with Crippen LogP contribution in [0.4, 0.5) is 0 Å². The van der Waals surface area contributed by atoms with Crippen molar-refractivity contribution in [3.05, 3.63) is 22.5 Å². The fourth-order valence-corrected chi connectivity index (χ4v) is 7.54. The maximum Gasteiger partial charge on any atom is 0.279 e. The summed E-state index contributed by atoms with van der Waals surface area (Å²) in [5, 5.41) is 0.154. The van der Waals surface area contributed by atoms with Gasteiger partial charge in [-0.25, -0.2) is 14.6 Å². The highest BCUT2D eigenvalue weighted by atomic mass is 32.2. The molecule has 5 atom stereocenters. The number of carbonyl (C=O) groups is 1. The Bertz CT molecular complexity index is 1230. The highest BCUT2D eigenvalue weighted by Gasteiger charge is 2.49. The van der Waals surface area contributed by atoms with Crippen molar-refractivity contribution in [3.63, 3.8) is 0 Å². The van der Waals surface area contributed by atoms with E-state index in [0.29, 0.717) is 37.0 Å². The van der Waals surface area contributed by atoms with Crippen LogP contribution in [0.5, 0.6) is 0 Å². The van der Waals surface area contributed by atoms with E-state index in [0.717, 1.165) is 12.8 Å². The van der Waals surface area contributed by atoms with Crippen LogP contribution in [0.2, 0.25) is 0 Å². The summed E-state index contributed by atoms with van der Waals surface area (Å²) in [6, 6.07) is 0.319. The Balaban J connectivity index is 1.76. The molecule has 2 aromatic heterocycles. The van der Waals surface area contributed by atoms with Gasteiger partial charge in [-0.15, -0.1) is 0 Å². The number of ether oxygens (including phenoxy) is 3. The highest BCUT2D eigenvalue weighted by Crippen LogP contribution is 2.51. The van der Waals surface area contributed by atoms with Crippen molar-refractivity contribution in [2.45, 2.75) is 112 Å². The van der Waals surface area contributed by atoms with Crippen molar-refractivity contribution in [3.8, 4) is 0 Å². The Morgan fingerprint density at radius 2 is 1.88 bits per heavy atom. The molecule has 12 nitrogen and oxygen atoms in total. The number of H-pyrrole nitrogens is 1. The Hall–Kier alpha value is -1.44. The molecule has 0 spiro atoms. The van der Waals surface area contributed by atoms with E-state index >= 15 is 0 Å². The summed E-state index contributed by atoms with van der Waals surface area (Å²) >= 11 is 1.30. The van der Waals surface area contributed by atoms with E-state index in [2.05, 4.69) is 54.2 Å². The fourth-order valence-electron chi connectivity index (χ4n) is 4.96. The third-order valence-corrected chi connectivity index (χ3v) is 10.3. The smallest absolute Gasteiger partial charge is 0.279 e. The number of fused-ring (bicyclic) bond motifs is 1. The molecule has 0 radical (unpaired) electrons. The molecule has 1 aliphatic rings. The van der Waals surface area contributed by atoms with Crippen molar-refractivity contribution in [1.29, 1.82) is 0 Å². The van der Waals surface area contributed by atoms with Crippen LogP contribution in [-0.2, 0) is 28.1 Å². The Labute approximate surface area is 260 Å². The molecule has 0 bridgehead atoms. The van der Waals surface area contributed by atoms with Crippen LogP contribution in [0.1, 0.15) is 80.3 Å². The molecule has 14 heteroatoms. The normalized spacial score (nSPS) is 22.0. The van der Waals surface area contributed by atoms with Crippen LogP contribution in [-0.4, -0.2) is 92.4 Å². The van der Waals surface area contributed by atoms with E-state index < -0.39 is 27.0 Å². The Morgan fingerprint density at radius 1 is 1.19 bits per heavy atom. The van der Waals surface area contributed by atoms with Crippen molar-refractivity contribution in [2.24, 2.45) is 5.41 Å². The second kappa shape index (κ2) is 16.2. The topological polar surface area (TPSA) is 130 Å². The minimum absolute atomic E-state index is 0.154. The zero-order valence-electron chi connectivity index (χ0n) is 27.3. The summed E-state index contributed by atoms with van der Waals surface area (Å²) in [5.41, 5.74) is 0.0229. The molecule has 3 rings (SSSR count). The molecule has 0 amide bonds. The summed E-state index contributed by atoms with van der Waals surface area (Å²) in [4.78, 5) is 36.2. The largest absolute Gasteiger partial charge is 0.378 e. The number of imidazole rings is 1. The summed E-state index contributed by atoms with van der Waals surface area (Å²) in [6.45, 7) is 19.3. The molecule has 0 aliphatic carbocycles. The number of aryl methyl sites for hydroxylation is 1. The first-order valence-electron chi connectivity index (χ1n) is 15.0. The van der Waals surface area contributed by atoms with Crippen LogP contribution >= 0.6 is 20.3 Å². The first kappa shape index (κ1) is 36.0. The Morgan fingerprint density at radius 3 is 2.49 bits per heavy atom. The standard InChI is InChI=1S/C29H50N5O7PS/c1-11-12-21-23(24(37-10)27(40-21)33-17-30-22-25(33)31-20(6)32-26(22)35)41-42(34(18(2)3)19(4)5)39-14-13-38-15-16-43-28(36)29(7,8)9/h17-19,21,23-24,27H,11-16H2,1-10H3,(H,31,32,35). The third-order valence-electron chi connectivity index (χ3n) is 6.92. The predicted molar refractivity (Wildman–Crippen MR) is 170 cm³/mol. The maximum absolute atomic E-state index is 12.5. The van der Waals surface area contributed by atoms with Crippen molar-refractivity contribution >= 4 is 36.6 Å². The van der Waals surface area contributed by atoms with E-state index in [4.69, 9.17) is 23.3 Å². The fraction of sp³-hybridized carbons (Fsp3) is 0.793. The number of hydrogen-bond donors (Lipinski definition) is 1. The SMILES string of the molecule is CCCC1OC(n2cnc3c(=O)[nH]c(C)nc32)C(OC)C1OP(OCCOCCSC(=O)C(C)(C)C)N(C(C)C)C(C)C. The van der Waals surface area contributed by atoms with Crippen LogP contribution in [0.3, 0.4) is 0 Å². The van der Waals surface area contributed by atoms with Gasteiger partial charge >= 0.3 is 0 Å². The van der Waals surface area contributed by atoms with E-state index in [9.17, 15) is 9.59 Å². The van der Waals surface area contributed by atoms with E-state index in [1.165, 1.54) is 11.8 Å². The quantitative estimate of drug-likeness (QED) is 0.191. The number of aromatic amines is 1. The zero-order chi connectivity index (χ0) is 31.9. The monoisotopic (exact) mass is 643 g/mol. The molecule has 43 heavy (non-hydrogen) atoms. The molecule has 1 fully saturated rings. The first-order valence-corrected chi connectivity index (χ1v) is 17.2. The van der Waals surface area contributed by atoms with E-state index in [1.54, 1.807) is 24.9 Å². The Kier molecular flexibility index (Phi) is 13.6. The number of hydrogen-bond acceptors (Lipinski definition) is 11. The number of carbonyl (C=O) groups excluding carboxylic acids is 1. The van der Waals surface area contributed by atoms with Crippen molar-refractivity contribution < 1.29 is 28.1 Å². The average molecular weight is 644 g/mol. The minimum Gasteiger partial charge on any atom is -0.378 e. The van der Waals surface area contributed by atoms with E-state index in [-0.39, 0.29) is 39.8 Å². The third kappa shape index (κ3) is 9.29. The van der Waals surface area contributed by atoms with Gasteiger partial charge in [-0.2, -0.15) is 0 Å². The second-order valence-corrected chi connectivity index (χ2v) is 14.7. The lowest BCUT2D eigenvalue weighted by molar-refractivity contribution is -0.117. The van der Waals surface area contributed by atoms with Gasteiger partial charge in [-0.05, 0) is 41.0 Å². The van der Waals surface area contributed by atoms with Gasteiger partial charge < -0.3 is 28.2 Å². The molecule has 1 saturated heterocycles. The zero-order valence-corrected chi connectivity index (χ0v) is 29.0. The molecule has 1 N–H and O–H groups in total. The second-order valence-electron chi connectivity index (χ2n) is 12.2. The first-order chi connectivity index (χ1) is 20.3.